The van der Waals surface area contributed by atoms with Crippen LogP contribution in [0.1, 0.15) is 46.8 Å². The van der Waals surface area contributed by atoms with Gasteiger partial charge in [-0.25, -0.2) is 14.2 Å². The Bertz CT molecular complexity index is 836. The van der Waals surface area contributed by atoms with Crippen LogP contribution in [0.5, 0.6) is 5.88 Å². The third-order valence-electron chi connectivity index (χ3n) is 4.37. The quantitative estimate of drug-likeness (QED) is 0.829. The van der Waals surface area contributed by atoms with Crippen molar-refractivity contribution in [1.82, 2.24) is 10.3 Å². The zero-order valence-electron chi connectivity index (χ0n) is 14.2. The van der Waals surface area contributed by atoms with E-state index in [1.165, 1.54) is 43.5 Å². The first-order chi connectivity index (χ1) is 12.4. The minimum absolute atomic E-state index is 0.120. The van der Waals surface area contributed by atoms with Crippen molar-refractivity contribution in [2.45, 2.75) is 38.3 Å². The van der Waals surface area contributed by atoms with Crippen LogP contribution in [-0.4, -0.2) is 28.1 Å². The Labute approximate surface area is 150 Å². The van der Waals surface area contributed by atoms with Crippen molar-refractivity contribution in [1.29, 1.82) is 0 Å². The highest BCUT2D eigenvalue weighted by atomic mass is 19.1. The first kappa shape index (κ1) is 17.8. The van der Waals surface area contributed by atoms with E-state index in [0.717, 1.165) is 19.3 Å². The van der Waals surface area contributed by atoms with Crippen molar-refractivity contribution in [3.8, 4) is 5.88 Å². The topological polar surface area (TPSA) is 88.5 Å². The molecule has 1 aliphatic carbocycles. The Morgan fingerprint density at radius 2 is 2.08 bits per heavy atom. The predicted octanol–water partition coefficient (Wildman–Crippen LogP) is 3.02. The number of nitrogens with zero attached hydrogens (tertiary/aromatic N) is 1. The average Bonchev–Trinajstić information content (AvgIpc) is 2.58. The molecular weight excluding hydrogens is 339 g/mol. The summed E-state index contributed by atoms with van der Waals surface area (Å²) in [4.78, 5) is 28.1. The van der Waals surface area contributed by atoms with Crippen LogP contribution in [0.25, 0.3) is 0 Å². The molecule has 0 bridgehead atoms. The van der Waals surface area contributed by atoms with Crippen LogP contribution in [0.2, 0.25) is 0 Å². The van der Waals surface area contributed by atoms with Gasteiger partial charge in [-0.15, -0.1) is 0 Å². The van der Waals surface area contributed by atoms with Gasteiger partial charge < -0.3 is 15.2 Å². The molecule has 2 aromatic rings. The standard InChI is InChI=1S/C19H19FN2O4/c1-11-9-12(5-6-15(11)20)17(19(24)25)22-18(23)13-7-8-21-16(10-13)26-14-3-2-4-14/h5-10,14,17H,2-4H2,1H3,(H,22,23)(H,24,25). The maximum Gasteiger partial charge on any atom is 0.330 e. The highest BCUT2D eigenvalue weighted by Crippen LogP contribution is 2.24. The normalized spacial score (nSPS) is 15.0. The van der Waals surface area contributed by atoms with Crippen molar-refractivity contribution in [2.75, 3.05) is 0 Å². The lowest BCUT2D eigenvalue weighted by atomic mass is 9.96. The van der Waals surface area contributed by atoms with E-state index in [4.69, 9.17) is 4.74 Å². The second-order valence-electron chi connectivity index (χ2n) is 6.31. The Kier molecular flexibility index (Phi) is 5.16. The number of carbonyl (C=O) groups is 2. The van der Waals surface area contributed by atoms with Crippen molar-refractivity contribution in [3.63, 3.8) is 0 Å². The zero-order chi connectivity index (χ0) is 18.7. The van der Waals surface area contributed by atoms with Gasteiger partial charge in [0.15, 0.2) is 6.04 Å². The number of carbonyl (C=O) groups excluding carboxylic acids is 1. The largest absolute Gasteiger partial charge is 0.479 e. The molecule has 6 nitrogen and oxygen atoms in total. The molecule has 2 N–H and O–H groups in total. The van der Waals surface area contributed by atoms with Gasteiger partial charge in [0.1, 0.15) is 11.9 Å². The number of ether oxygens (including phenoxy) is 1. The van der Waals surface area contributed by atoms with Crippen LogP contribution in [0.3, 0.4) is 0 Å². The maximum atomic E-state index is 13.4. The van der Waals surface area contributed by atoms with Gasteiger partial charge in [-0.3, -0.25) is 4.79 Å². The minimum atomic E-state index is -1.29. The van der Waals surface area contributed by atoms with E-state index in [2.05, 4.69) is 10.3 Å². The highest BCUT2D eigenvalue weighted by Gasteiger charge is 2.24. The zero-order valence-corrected chi connectivity index (χ0v) is 14.2. The molecule has 1 amide bonds. The minimum Gasteiger partial charge on any atom is -0.479 e. The molecule has 0 aliphatic heterocycles. The fraction of sp³-hybridized carbons (Fsp3) is 0.316. The van der Waals surface area contributed by atoms with Gasteiger partial charge in [0.2, 0.25) is 5.88 Å². The second kappa shape index (κ2) is 7.51. The van der Waals surface area contributed by atoms with E-state index < -0.39 is 23.7 Å². The molecule has 3 rings (SSSR count). The van der Waals surface area contributed by atoms with E-state index >= 15 is 0 Å². The molecule has 1 aromatic carbocycles. The van der Waals surface area contributed by atoms with Crippen LogP contribution >= 0.6 is 0 Å². The van der Waals surface area contributed by atoms with Crippen LogP contribution in [-0.2, 0) is 4.79 Å². The summed E-state index contributed by atoms with van der Waals surface area (Å²) in [6.07, 6.45) is 4.60. The van der Waals surface area contributed by atoms with Gasteiger partial charge in [0, 0.05) is 17.8 Å². The lowest BCUT2D eigenvalue weighted by Gasteiger charge is -2.25. The average molecular weight is 358 g/mol. The number of aliphatic carboxylic acids is 1. The number of aryl methyl sites for hydroxylation is 1. The van der Waals surface area contributed by atoms with Gasteiger partial charge in [-0.05, 0) is 49.4 Å². The van der Waals surface area contributed by atoms with Gasteiger partial charge in [-0.2, -0.15) is 0 Å². The summed E-state index contributed by atoms with van der Waals surface area (Å²) in [6, 6.07) is 5.63. The molecule has 7 heteroatoms. The number of pyridine rings is 1. The van der Waals surface area contributed by atoms with Crippen LogP contribution < -0.4 is 10.1 Å². The number of halogens is 1. The molecule has 0 radical (unpaired) electrons. The molecule has 1 aliphatic rings. The Balaban J connectivity index is 1.76. The summed E-state index contributed by atoms with van der Waals surface area (Å²) in [7, 11) is 0. The number of rotatable bonds is 6. The highest BCUT2D eigenvalue weighted by molar-refractivity contribution is 5.97. The predicted molar refractivity (Wildman–Crippen MR) is 91.5 cm³/mol. The summed E-state index contributed by atoms with van der Waals surface area (Å²) in [6.45, 7) is 1.53. The third-order valence-corrected chi connectivity index (χ3v) is 4.37. The van der Waals surface area contributed by atoms with E-state index in [1.807, 2.05) is 0 Å². The summed E-state index contributed by atoms with van der Waals surface area (Å²) in [5, 5.41) is 11.9. The molecule has 136 valence electrons. The smallest absolute Gasteiger partial charge is 0.330 e. The lowest BCUT2D eigenvalue weighted by molar-refractivity contribution is -0.139. The molecule has 1 fully saturated rings. The number of aromatic nitrogens is 1. The molecule has 0 spiro atoms. The van der Waals surface area contributed by atoms with Crippen molar-refractivity contribution in [2.24, 2.45) is 0 Å². The molecule has 0 saturated heterocycles. The van der Waals surface area contributed by atoms with E-state index in [1.54, 1.807) is 0 Å². The lowest BCUT2D eigenvalue weighted by Crippen LogP contribution is -2.34. The Morgan fingerprint density at radius 3 is 2.69 bits per heavy atom. The molecule has 1 saturated carbocycles. The van der Waals surface area contributed by atoms with Crippen molar-refractivity contribution in [3.05, 3.63) is 59.0 Å². The third kappa shape index (κ3) is 3.99. The fourth-order valence-electron chi connectivity index (χ4n) is 2.62. The van der Waals surface area contributed by atoms with Gasteiger partial charge in [-0.1, -0.05) is 12.1 Å². The van der Waals surface area contributed by atoms with E-state index in [9.17, 15) is 19.1 Å². The monoisotopic (exact) mass is 358 g/mol. The van der Waals surface area contributed by atoms with Crippen LogP contribution in [0.15, 0.2) is 36.5 Å². The molecule has 1 atom stereocenters. The number of amides is 1. The summed E-state index contributed by atoms with van der Waals surface area (Å²) in [5.41, 5.74) is 0.854. The number of hydrogen-bond donors (Lipinski definition) is 2. The summed E-state index contributed by atoms with van der Waals surface area (Å²) in [5.74, 6) is -1.90. The molecule has 1 heterocycles. The van der Waals surface area contributed by atoms with Gasteiger partial charge in [0.25, 0.3) is 5.91 Å². The molecule has 1 aromatic heterocycles. The first-order valence-electron chi connectivity index (χ1n) is 8.36. The number of carboxylic acid groups (broad SMARTS) is 1. The second-order valence-corrected chi connectivity index (χ2v) is 6.31. The summed E-state index contributed by atoms with van der Waals surface area (Å²) < 4.78 is 19.1. The number of hydrogen-bond acceptors (Lipinski definition) is 4. The number of nitrogens with one attached hydrogen (secondary N) is 1. The van der Waals surface area contributed by atoms with Gasteiger partial charge in [0.05, 0.1) is 0 Å². The van der Waals surface area contributed by atoms with E-state index in [0.29, 0.717) is 17.0 Å². The molecule has 26 heavy (non-hydrogen) atoms. The van der Waals surface area contributed by atoms with Crippen molar-refractivity contribution < 1.29 is 23.8 Å². The van der Waals surface area contributed by atoms with Crippen molar-refractivity contribution >= 4 is 11.9 Å². The van der Waals surface area contributed by atoms with Crippen LogP contribution in [0.4, 0.5) is 4.39 Å². The molecule has 1 unspecified atom stereocenters. The SMILES string of the molecule is Cc1cc(C(NC(=O)c2ccnc(OC3CCC3)c2)C(=O)O)ccc1F. The van der Waals surface area contributed by atoms with Crippen LogP contribution in [0, 0.1) is 12.7 Å². The first-order valence-corrected chi connectivity index (χ1v) is 8.36. The Hall–Kier alpha value is -2.96. The van der Waals surface area contributed by atoms with Gasteiger partial charge >= 0.3 is 5.97 Å². The number of benzene rings is 1. The maximum absolute atomic E-state index is 13.4. The number of carboxylic acids is 1. The molecular formula is C19H19FN2O4. The Morgan fingerprint density at radius 1 is 1.31 bits per heavy atom. The summed E-state index contributed by atoms with van der Waals surface area (Å²) >= 11 is 0. The van der Waals surface area contributed by atoms with E-state index in [-0.39, 0.29) is 11.7 Å². The fourth-order valence-corrected chi connectivity index (χ4v) is 2.62.